The summed E-state index contributed by atoms with van der Waals surface area (Å²) < 4.78 is 8.06. The number of amides is 1. The molecule has 35 heavy (non-hydrogen) atoms. The van der Waals surface area contributed by atoms with Crippen LogP contribution >= 0.6 is 23.2 Å². The number of nitrogens with zero attached hydrogens (tertiary/aromatic N) is 7. The third kappa shape index (κ3) is 6.58. The second kappa shape index (κ2) is 11.6. The van der Waals surface area contributed by atoms with Crippen molar-refractivity contribution in [2.45, 2.75) is 57.7 Å². The highest BCUT2D eigenvalue weighted by Crippen LogP contribution is 2.26. The second-order valence-corrected chi connectivity index (χ2v) is 9.41. The van der Waals surface area contributed by atoms with Crippen LogP contribution in [0.3, 0.4) is 0 Å². The maximum Gasteiger partial charge on any atom is 0.360 e. The molecule has 1 aliphatic rings. The van der Waals surface area contributed by atoms with Crippen molar-refractivity contribution in [1.29, 1.82) is 0 Å². The van der Waals surface area contributed by atoms with Crippen LogP contribution in [0.4, 0.5) is 0 Å². The average molecular weight is 520 g/mol. The quantitative estimate of drug-likeness (QED) is 0.295. The summed E-state index contributed by atoms with van der Waals surface area (Å²) in [4.78, 5) is 26.3. The van der Waals surface area contributed by atoms with Crippen LogP contribution in [0.5, 0.6) is 0 Å². The number of aryl methyl sites for hydroxylation is 1. The van der Waals surface area contributed by atoms with Crippen molar-refractivity contribution < 1.29 is 14.3 Å². The van der Waals surface area contributed by atoms with Gasteiger partial charge in [-0.25, -0.2) is 9.48 Å². The number of benzene rings is 1. The SMILES string of the molecule is COC(=O)c1cn(CC2CCCN2C(=O)CCCCCn2cc(-c3cc(Cl)cc(Cl)c3)nn2)nn1. The summed E-state index contributed by atoms with van der Waals surface area (Å²) in [7, 11) is 1.30. The number of likely N-dealkylation sites (tertiary alicyclic amines) is 1. The van der Waals surface area contributed by atoms with Gasteiger partial charge < -0.3 is 9.64 Å². The van der Waals surface area contributed by atoms with Crippen LogP contribution in [-0.2, 0) is 22.6 Å². The van der Waals surface area contributed by atoms with Crippen LogP contribution in [0, 0.1) is 0 Å². The molecule has 0 aliphatic carbocycles. The molecule has 0 bridgehead atoms. The van der Waals surface area contributed by atoms with Crippen molar-refractivity contribution in [3.05, 3.63) is 46.3 Å². The van der Waals surface area contributed by atoms with Crippen molar-refractivity contribution >= 4 is 35.1 Å². The molecule has 0 radical (unpaired) electrons. The zero-order valence-electron chi connectivity index (χ0n) is 19.4. The number of esters is 1. The molecule has 0 N–H and O–H groups in total. The lowest BCUT2D eigenvalue weighted by molar-refractivity contribution is -0.132. The second-order valence-electron chi connectivity index (χ2n) is 8.54. The molecule has 2 aromatic heterocycles. The Bertz CT molecular complexity index is 1160. The monoisotopic (exact) mass is 519 g/mol. The number of ether oxygens (including phenoxy) is 1. The van der Waals surface area contributed by atoms with Crippen LogP contribution in [-0.4, -0.2) is 66.5 Å². The molecule has 0 spiro atoms. The van der Waals surface area contributed by atoms with Crippen molar-refractivity contribution in [2.75, 3.05) is 13.7 Å². The molecule has 4 rings (SSSR count). The van der Waals surface area contributed by atoms with Gasteiger partial charge in [0.2, 0.25) is 5.91 Å². The lowest BCUT2D eigenvalue weighted by atomic mass is 10.1. The summed E-state index contributed by atoms with van der Waals surface area (Å²) in [6.07, 6.45) is 8.42. The normalized spacial score (nSPS) is 15.5. The molecule has 3 aromatic rings. The Morgan fingerprint density at radius 3 is 2.57 bits per heavy atom. The molecule has 10 nitrogen and oxygen atoms in total. The zero-order valence-corrected chi connectivity index (χ0v) is 21.0. The Hall–Kier alpha value is -2.98. The highest BCUT2D eigenvalue weighted by Gasteiger charge is 2.29. The zero-order chi connectivity index (χ0) is 24.8. The highest BCUT2D eigenvalue weighted by atomic mass is 35.5. The first-order valence-electron chi connectivity index (χ1n) is 11.6. The molecule has 1 aliphatic heterocycles. The molecule has 1 amide bonds. The molecule has 3 heterocycles. The molecule has 1 saturated heterocycles. The summed E-state index contributed by atoms with van der Waals surface area (Å²) in [6, 6.07) is 5.35. The van der Waals surface area contributed by atoms with E-state index in [-0.39, 0.29) is 17.6 Å². The standard InChI is InChI=1S/C23H27Cl2N7O3/c1-35-23(34)21-15-31(29-27-21)13-19-6-5-9-32(19)22(33)7-3-2-4-8-30-14-20(26-28-30)16-10-17(24)12-18(25)11-16/h10-12,14-15,19H,2-9,13H2,1H3. The fraction of sp³-hybridized carbons (Fsp3) is 0.478. The Morgan fingerprint density at radius 1 is 1.03 bits per heavy atom. The van der Waals surface area contributed by atoms with Gasteiger partial charge in [-0.2, -0.15) is 0 Å². The first-order valence-corrected chi connectivity index (χ1v) is 12.3. The largest absolute Gasteiger partial charge is 0.464 e. The number of rotatable bonds is 10. The molecule has 1 aromatic carbocycles. The van der Waals surface area contributed by atoms with Crippen LogP contribution in [0.15, 0.2) is 30.6 Å². The van der Waals surface area contributed by atoms with E-state index >= 15 is 0 Å². The van der Waals surface area contributed by atoms with Crippen LogP contribution in [0.2, 0.25) is 10.0 Å². The van der Waals surface area contributed by atoms with E-state index in [4.69, 9.17) is 23.2 Å². The minimum absolute atomic E-state index is 0.0586. The van der Waals surface area contributed by atoms with Crippen LogP contribution in [0.25, 0.3) is 11.3 Å². The number of carbonyl (C=O) groups excluding carboxylic acids is 2. The van der Waals surface area contributed by atoms with E-state index in [1.165, 1.54) is 7.11 Å². The first-order chi connectivity index (χ1) is 16.9. The van der Waals surface area contributed by atoms with E-state index in [2.05, 4.69) is 25.4 Å². The van der Waals surface area contributed by atoms with Gasteiger partial charge in [-0.1, -0.05) is 40.0 Å². The summed E-state index contributed by atoms with van der Waals surface area (Å²) in [6.45, 7) is 1.98. The van der Waals surface area contributed by atoms with E-state index in [1.54, 1.807) is 33.8 Å². The van der Waals surface area contributed by atoms with E-state index in [1.807, 2.05) is 11.1 Å². The van der Waals surface area contributed by atoms with E-state index in [9.17, 15) is 9.59 Å². The molecule has 186 valence electrons. The number of halogens is 2. The van der Waals surface area contributed by atoms with Crippen molar-refractivity contribution in [3.63, 3.8) is 0 Å². The summed E-state index contributed by atoms with van der Waals surface area (Å²) in [5, 5.41) is 17.3. The fourth-order valence-corrected chi connectivity index (χ4v) is 4.79. The molecule has 0 saturated carbocycles. The van der Waals surface area contributed by atoms with Gasteiger partial charge in [0.15, 0.2) is 5.69 Å². The number of aromatic nitrogens is 6. The van der Waals surface area contributed by atoms with Crippen molar-refractivity contribution in [1.82, 2.24) is 34.9 Å². The Kier molecular flexibility index (Phi) is 8.35. The highest BCUT2D eigenvalue weighted by molar-refractivity contribution is 6.35. The van der Waals surface area contributed by atoms with Crippen LogP contribution < -0.4 is 0 Å². The summed E-state index contributed by atoms with van der Waals surface area (Å²) in [5.41, 5.74) is 1.71. The van der Waals surface area contributed by atoms with E-state index < -0.39 is 5.97 Å². The molecule has 1 atom stereocenters. The lowest BCUT2D eigenvalue weighted by Crippen LogP contribution is -2.38. The van der Waals surface area contributed by atoms with Gasteiger partial charge in [0, 0.05) is 35.1 Å². The Morgan fingerprint density at radius 2 is 1.80 bits per heavy atom. The lowest BCUT2D eigenvalue weighted by Gasteiger charge is -2.24. The van der Waals surface area contributed by atoms with Crippen LogP contribution in [0.1, 0.15) is 49.0 Å². The molecular formula is C23H27Cl2N7O3. The molecule has 1 fully saturated rings. The first kappa shape index (κ1) is 25.1. The van der Waals surface area contributed by atoms with Gasteiger partial charge in [-0.3, -0.25) is 9.48 Å². The topological polar surface area (TPSA) is 108 Å². The van der Waals surface area contributed by atoms with Crippen molar-refractivity contribution in [3.8, 4) is 11.3 Å². The minimum Gasteiger partial charge on any atom is -0.464 e. The number of methoxy groups -OCH3 is 1. The molecule has 12 heteroatoms. The van der Waals surface area contributed by atoms with E-state index in [0.29, 0.717) is 23.0 Å². The van der Waals surface area contributed by atoms with Gasteiger partial charge >= 0.3 is 5.97 Å². The summed E-state index contributed by atoms with van der Waals surface area (Å²) >= 11 is 12.1. The third-order valence-corrected chi connectivity index (χ3v) is 6.44. The average Bonchev–Trinajstić information content (AvgIpc) is 3.59. The fourth-order valence-electron chi connectivity index (χ4n) is 4.27. The maximum absolute atomic E-state index is 12.8. The predicted molar refractivity (Wildman–Crippen MR) is 130 cm³/mol. The van der Waals surface area contributed by atoms with Crippen molar-refractivity contribution in [2.24, 2.45) is 0 Å². The number of carbonyl (C=O) groups is 2. The van der Waals surface area contributed by atoms with Gasteiger partial charge in [-0.15, -0.1) is 10.2 Å². The smallest absolute Gasteiger partial charge is 0.360 e. The number of hydrogen-bond donors (Lipinski definition) is 0. The predicted octanol–water partition coefficient (Wildman–Crippen LogP) is 3.88. The maximum atomic E-state index is 12.8. The Labute approximate surface area is 213 Å². The summed E-state index contributed by atoms with van der Waals surface area (Å²) in [5.74, 6) is -0.367. The number of unbranched alkanes of at least 4 members (excludes halogenated alkanes) is 2. The van der Waals surface area contributed by atoms with Gasteiger partial charge in [0.25, 0.3) is 0 Å². The Balaban J connectivity index is 1.20. The third-order valence-electron chi connectivity index (χ3n) is 6.00. The van der Waals surface area contributed by atoms with Gasteiger partial charge in [0.1, 0.15) is 5.69 Å². The molecular weight excluding hydrogens is 493 g/mol. The van der Waals surface area contributed by atoms with Gasteiger partial charge in [-0.05, 0) is 43.9 Å². The minimum atomic E-state index is -0.522. The molecule has 1 unspecified atom stereocenters. The number of hydrogen-bond acceptors (Lipinski definition) is 7. The van der Waals surface area contributed by atoms with Gasteiger partial charge in [0.05, 0.1) is 32.1 Å². The van der Waals surface area contributed by atoms with E-state index in [0.717, 1.165) is 56.5 Å².